The van der Waals surface area contributed by atoms with Gasteiger partial charge >= 0.3 is 11.9 Å². The van der Waals surface area contributed by atoms with Gasteiger partial charge in [0.15, 0.2) is 0 Å². The average Bonchev–Trinajstić information content (AvgIpc) is 2.58. The maximum Gasteiger partial charge on any atom is 0.329 e. The zero-order chi connectivity index (χ0) is 23.5. The van der Waals surface area contributed by atoms with Gasteiger partial charge in [0.2, 0.25) is 17.7 Å². The van der Waals surface area contributed by atoms with E-state index in [9.17, 15) is 24.0 Å². The van der Waals surface area contributed by atoms with Gasteiger partial charge in [0.1, 0.15) is 17.2 Å². The van der Waals surface area contributed by atoms with Crippen LogP contribution in [0.1, 0.15) is 54.4 Å². The first-order chi connectivity index (χ1) is 13.6. The summed E-state index contributed by atoms with van der Waals surface area (Å²) in [6, 6.07) is -1.10. The molecule has 0 aliphatic heterocycles. The van der Waals surface area contributed by atoms with E-state index in [0.29, 0.717) is 0 Å². The van der Waals surface area contributed by atoms with Crippen molar-refractivity contribution in [3.05, 3.63) is 0 Å². The molecule has 0 radical (unpaired) electrons. The minimum atomic E-state index is -1.10. The van der Waals surface area contributed by atoms with E-state index in [1.165, 1.54) is 0 Å². The minimum Gasteiger partial charge on any atom is -0.460 e. The van der Waals surface area contributed by atoms with Crippen molar-refractivity contribution < 1.29 is 33.4 Å². The van der Waals surface area contributed by atoms with Crippen molar-refractivity contribution in [1.82, 2.24) is 16.0 Å². The Labute approximate surface area is 176 Å². The number of nitrogens with one attached hydrogen (secondary N) is 3. The van der Waals surface area contributed by atoms with Gasteiger partial charge in [-0.05, 0) is 48.0 Å². The molecular formula is C19H34N4O7. The van der Waals surface area contributed by atoms with Gasteiger partial charge in [-0.1, -0.05) is 0 Å². The van der Waals surface area contributed by atoms with Gasteiger partial charge in [0.05, 0.1) is 19.6 Å². The first-order valence-electron chi connectivity index (χ1n) is 9.60. The molecule has 11 nitrogen and oxygen atoms in total. The molecule has 0 aliphatic carbocycles. The molecule has 0 bridgehead atoms. The van der Waals surface area contributed by atoms with Gasteiger partial charge in [-0.2, -0.15) is 0 Å². The van der Waals surface area contributed by atoms with Crippen LogP contribution < -0.4 is 21.7 Å². The van der Waals surface area contributed by atoms with Gasteiger partial charge in [0.25, 0.3) is 0 Å². The fraction of sp³-hybridized carbons (Fsp3) is 0.737. The Bertz CT molecular complexity index is 636. The molecule has 0 fully saturated rings. The van der Waals surface area contributed by atoms with Crippen molar-refractivity contribution in [2.75, 3.05) is 19.6 Å². The summed E-state index contributed by atoms with van der Waals surface area (Å²) < 4.78 is 10.5. The number of hydrogen-bond acceptors (Lipinski definition) is 8. The van der Waals surface area contributed by atoms with Crippen LogP contribution in [-0.4, -0.2) is 66.5 Å². The number of carbonyl (C=O) groups excluding carboxylic acids is 5. The molecule has 1 atom stereocenters. The third kappa shape index (κ3) is 14.3. The van der Waals surface area contributed by atoms with Crippen LogP contribution in [0.2, 0.25) is 0 Å². The fourth-order valence-corrected chi connectivity index (χ4v) is 2.01. The molecule has 5 N–H and O–H groups in total. The van der Waals surface area contributed by atoms with Crippen LogP contribution in [0.4, 0.5) is 0 Å². The highest BCUT2D eigenvalue weighted by Gasteiger charge is 2.28. The van der Waals surface area contributed by atoms with E-state index in [4.69, 9.17) is 15.2 Å². The highest BCUT2D eigenvalue weighted by Crippen LogP contribution is 2.13. The fourth-order valence-electron chi connectivity index (χ4n) is 2.01. The molecule has 0 aliphatic rings. The van der Waals surface area contributed by atoms with E-state index in [0.717, 1.165) is 0 Å². The van der Waals surface area contributed by atoms with Crippen LogP contribution in [0.25, 0.3) is 0 Å². The highest BCUT2D eigenvalue weighted by atomic mass is 16.6. The lowest BCUT2D eigenvalue weighted by Crippen LogP contribution is -2.49. The molecule has 11 heteroatoms. The summed E-state index contributed by atoms with van der Waals surface area (Å²) in [5.74, 6) is -3.00. The number of rotatable bonds is 10. The normalized spacial score (nSPS) is 12.4. The molecule has 172 valence electrons. The quantitative estimate of drug-likeness (QED) is 0.324. The number of carbonyl (C=O) groups is 5. The topological polar surface area (TPSA) is 166 Å². The third-order valence-corrected chi connectivity index (χ3v) is 3.16. The lowest BCUT2D eigenvalue weighted by atomic mass is 10.1. The summed E-state index contributed by atoms with van der Waals surface area (Å²) in [4.78, 5) is 59.1. The van der Waals surface area contributed by atoms with Crippen molar-refractivity contribution in [3.8, 4) is 0 Å². The van der Waals surface area contributed by atoms with Crippen LogP contribution in [0.15, 0.2) is 0 Å². The van der Waals surface area contributed by atoms with Gasteiger partial charge in [0, 0.05) is 6.42 Å². The van der Waals surface area contributed by atoms with E-state index in [-0.39, 0.29) is 25.9 Å². The Balaban J connectivity index is 4.80. The van der Waals surface area contributed by atoms with Crippen molar-refractivity contribution in [3.63, 3.8) is 0 Å². The van der Waals surface area contributed by atoms with Gasteiger partial charge in [-0.15, -0.1) is 0 Å². The minimum absolute atomic E-state index is 0.0317. The second-order valence-corrected chi connectivity index (χ2v) is 8.54. The maximum absolute atomic E-state index is 12.4. The largest absolute Gasteiger partial charge is 0.460 e. The van der Waals surface area contributed by atoms with E-state index < -0.39 is 53.4 Å². The molecule has 0 heterocycles. The third-order valence-electron chi connectivity index (χ3n) is 3.16. The summed E-state index contributed by atoms with van der Waals surface area (Å²) in [6.07, 6.45) is -0.144. The average molecular weight is 431 g/mol. The molecule has 30 heavy (non-hydrogen) atoms. The molecule has 0 saturated heterocycles. The number of amides is 3. The summed E-state index contributed by atoms with van der Waals surface area (Å²) in [7, 11) is 0. The lowest BCUT2D eigenvalue weighted by Gasteiger charge is -2.25. The number of nitrogens with two attached hydrogens (primary N) is 1. The van der Waals surface area contributed by atoms with Crippen molar-refractivity contribution in [1.29, 1.82) is 0 Å². The molecule has 1 unspecified atom stereocenters. The predicted molar refractivity (Wildman–Crippen MR) is 108 cm³/mol. The first kappa shape index (κ1) is 27.3. The SMILES string of the molecule is CC(C)(C)OC(=O)CCC(NC(=O)CNC(=O)CNC(=O)CN)C(=O)OC(C)(C)C. The summed E-state index contributed by atoms with van der Waals surface area (Å²) in [5, 5.41) is 7.00. The number of hydrogen-bond donors (Lipinski definition) is 4. The van der Waals surface area contributed by atoms with Crippen LogP contribution in [-0.2, 0) is 33.4 Å². The maximum atomic E-state index is 12.4. The van der Waals surface area contributed by atoms with Crippen LogP contribution in [0.5, 0.6) is 0 Å². The zero-order valence-electron chi connectivity index (χ0n) is 18.5. The highest BCUT2D eigenvalue weighted by molar-refractivity contribution is 5.90. The monoisotopic (exact) mass is 430 g/mol. The standard InChI is InChI=1S/C19H34N4O7/c1-18(2,3)29-16(27)8-7-12(17(28)30-19(4,5)6)23-15(26)11-22-14(25)10-21-13(24)9-20/h12H,7-11,20H2,1-6H3,(H,21,24)(H,22,25)(H,23,26). The van der Waals surface area contributed by atoms with Crippen LogP contribution in [0, 0.1) is 0 Å². The van der Waals surface area contributed by atoms with E-state index in [2.05, 4.69) is 16.0 Å². The Morgan fingerprint density at radius 3 is 1.80 bits per heavy atom. The van der Waals surface area contributed by atoms with Crippen LogP contribution in [0.3, 0.4) is 0 Å². The summed E-state index contributed by atoms with van der Waals surface area (Å²) in [5.41, 5.74) is 3.64. The van der Waals surface area contributed by atoms with Gasteiger partial charge < -0.3 is 31.2 Å². The second-order valence-electron chi connectivity index (χ2n) is 8.54. The van der Waals surface area contributed by atoms with Gasteiger partial charge in [-0.25, -0.2) is 4.79 Å². The molecule has 0 rings (SSSR count). The summed E-state index contributed by atoms with van der Waals surface area (Å²) >= 11 is 0. The molecule has 3 amide bonds. The number of ether oxygens (including phenoxy) is 2. The summed E-state index contributed by atoms with van der Waals surface area (Å²) in [6.45, 7) is 9.15. The molecule has 0 aromatic heterocycles. The van der Waals surface area contributed by atoms with Crippen LogP contribution >= 0.6 is 0 Å². The van der Waals surface area contributed by atoms with E-state index >= 15 is 0 Å². The zero-order valence-corrected chi connectivity index (χ0v) is 18.5. The molecule has 0 spiro atoms. The lowest BCUT2D eigenvalue weighted by molar-refractivity contribution is -0.160. The smallest absolute Gasteiger partial charge is 0.329 e. The predicted octanol–water partition coefficient (Wildman–Crippen LogP) is -0.874. The van der Waals surface area contributed by atoms with Gasteiger partial charge in [-0.3, -0.25) is 19.2 Å². The van der Waals surface area contributed by atoms with E-state index in [1.54, 1.807) is 41.5 Å². The van der Waals surface area contributed by atoms with Crippen molar-refractivity contribution in [2.45, 2.75) is 71.6 Å². The Kier molecular flexibility index (Phi) is 11.0. The van der Waals surface area contributed by atoms with Crippen molar-refractivity contribution >= 4 is 29.7 Å². The second kappa shape index (κ2) is 12.1. The molecule has 0 aromatic carbocycles. The molecule has 0 aromatic rings. The molecular weight excluding hydrogens is 396 g/mol. The Morgan fingerprint density at radius 2 is 1.30 bits per heavy atom. The number of esters is 2. The molecule has 0 saturated carbocycles. The Morgan fingerprint density at radius 1 is 0.800 bits per heavy atom. The van der Waals surface area contributed by atoms with Crippen molar-refractivity contribution in [2.24, 2.45) is 5.73 Å². The first-order valence-corrected chi connectivity index (χ1v) is 9.60. The Hall–Kier alpha value is -2.69. The van der Waals surface area contributed by atoms with E-state index in [1.807, 2.05) is 0 Å².